The Morgan fingerprint density at radius 2 is 1.57 bits per heavy atom. The molecule has 0 atom stereocenters. The Bertz CT molecular complexity index is 691. The first-order valence-electron chi connectivity index (χ1n) is 6.94. The standard InChI is InChI=1S/C17H15N3O/c18-13-14-6-4-9-16(12-14)20-11-5-10-19(17(20)21)15-7-2-1-3-8-15/h1-4,6-9,12H,5,10-11H2. The molecule has 2 aromatic carbocycles. The van der Waals surface area contributed by atoms with Gasteiger partial charge in [0, 0.05) is 24.5 Å². The Balaban J connectivity index is 1.90. The van der Waals surface area contributed by atoms with Crippen LogP contribution in [-0.4, -0.2) is 19.1 Å². The van der Waals surface area contributed by atoms with Gasteiger partial charge in [-0.2, -0.15) is 5.26 Å². The highest BCUT2D eigenvalue weighted by Crippen LogP contribution is 2.24. The molecule has 1 aliphatic rings. The number of anilines is 2. The van der Waals surface area contributed by atoms with Crippen molar-refractivity contribution in [2.75, 3.05) is 22.9 Å². The number of hydrogen-bond acceptors (Lipinski definition) is 2. The highest BCUT2D eigenvalue weighted by molar-refractivity contribution is 6.04. The van der Waals surface area contributed by atoms with Gasteiger partial charge in [-0.15, -0.1) is 0 Å². The number of carbonyl (C=O) groups excluding carboxylic acids is 1. The number of rotatable bonds is 2. The largest absolute Gasteiger partial charge is 0.328 e. The van der Waals surface area contributed by atoms with E-state index in [1.807, 2.05) is 42.5 Å². The molecule has 1 fully saturated rings. The Kier molecular flexibility index (Phi) is 3.57. The SMILES string of the molecule is N#Cc1cccc(N2CCCN(c3ccccc3)C2=O)c1. The van der Waals surface area contributed by atoms with Crippen molar-refractivity contribution in [3.8, 4) is 6.07 Å². The fraction of sp³-hybridized carbons (Fsp3) is 0.176. The van der Waals surface area contributed by atoms with Crippen LogP contribution in [0.3, 0.4) is 0 Å². The Hall–Kier alpha value is -2.80. The quantitative estimate of drug-likeness (QED) is 0.844. The molecular formula is C17H15N3O. The number of carbonyl (C=O) groups is 1. The highest BCUT2D eigenvalue weighted by atomic mass is 16.2. The maximum atomic E-state index is 12.7. The molecule has 0 spiro atoms. The van der Waals surface area contributed by atoms with E-state index in [0.29, 0.717) is 12.1 Å². The van der Waals surface area contributed by atoms with E-state index < -0.39 is 0 Å². The summed E-state index contributed by atoms with van der Waals surface area (Å²) >= 11 is 0. The third-order valence-electron chi connectivity index (χ3n) is 3.58. The maximum absolute atomic E-state index is 12.7. The lowest BCUT2D eigenvalue weighted by Gasteiger charge is -2.35. The van der Waals surface area contributed by atoms with Gasteiger partial charge in [-0.05, 0) is 36.8 Å². The number of amides is 2. The van der Waals surface area contributed by atoms with Crippen molar-refractivity contribution in [1.82, 2.24) is 0 Å². The van der Waals surface area contributed by atoms with Crippen LogP contribution in [0.5, 0.6) is 0 Å². The normalized spacial score (nSPS) is 14.9. The first kappa shape index (κ1) is 13.2. The summed E-state index contributed by atoms with van der Waals surface area (Å²) < 4.78 is 0. The summed E-state index contributed by atoms with van der Waals surface area (Å²) in [6, 6.07) is 18.9. The van der Waals surface area contributed by atoms with Crippen molar-refractivity contribution in [2.24, 2.45) is 0 Å². The predicted molar refractivity (Wildman–Crippen MR) is 82.3 cm³/mol. The topological polar surface area (TPSA) is 47.3 Å². The van der Waals surface area contributed by atoms with Gasteiger partial charge < -0.3 is 0 Å². The van der Waals surface area contributed by atoms with E-state index in [4.69, 9.17) is 5.26 Å². The van der Waals surface area contributed by atoms with E-state index in [1.165, 1.54) is 0 Å². The fourth-order valence-corrected chi connectivity index (χ4v) is 2.55. The summed E-state index contributed by atoms with van der Waals surface area (Å²) in [6.07, 6.45) is 0.900. The molecule has 3 rings (SSSR count). The molecular weight excluding hydrogens is 262 g/mol. The second-order valence-corrected chi connectivity index (χ2v) is 4.94. The fourth-order valence-electron chi connectivity index (χ4n) is 2.55. The number of urea groups is 1. The Labute approximate surface area is 123 Å². The van der Waals surface area contributed by atoms with Crippen molar-refractivity contribution in [3.05, 3.63) is 60.2 Å². The minimum atomic E-state index is -0.0393. The molecule has 2 aromatic rings. The average Bonchev–Trinajstić information content (AvgIpc) is 2.56. The van der Waals surface area contributed by atoms with Crippen molar-refractivity contribution in [1.29, 1.82) is 5.26 Å². The van der Waals surface area contributed by atoms with E-state index >= 15 is 0 Å². The van der Waals surface area contributed by atoms with Gasteiger partial charge in [0.1, 0.15) is 0 Å². The van der Waals surface area contributed by atoms with Crippen LogP contribution in [0.2, 0.25) is 0 Å². The summed E-state index contributed by atoms with van der Waals surface area (Å²) in [4.78, 5) is 16.2. The lowest BCUT2D eigenvalue weighted by molar-refractivity contribution is 0.248. The molecule has 0 aliphatic carbocycles. The lowest BCUT2D eigenvalue weighted by atomic mass is 10.1. The first-order chi connectivity index (χ1) is 10.3. The van der Waals surface area contributed by atoms with Gasteiger partial charge in [-0.25, -0.2) is 4.79 Å². The maximum Gasteiger partial charge on any atom is 0.328 e. The minimum absolute atomic E-state index is 0.0393. The van der Waals surface area contributed by atoms with E-state index in [0.717, 1.165) is 24.3 Å². The monoisotopic (exact) mass is 277 g/mol. The molecule has 0 N–H and O–H groups in total. The van der Waals surface area contributed by atoms with Gasteiger partial charge in [0.25, 0.3) is 0 Å². The van der Waals surface area contributed by atoms with Crippen LogP contribution >= 0.6 is 0 Å². The van der Waals surface area contributed by atoms with Crippen LogP contribution < -0.4 is 9.80 Å². The summed E-state index contributed by atoms with van der Waals surface area (Å²) in [5, 5.41) is 8.99. The van der Waals surface area contributed by atoms with Gasteiger partial charge in [0.15, 0.2) is 0 Å². The summed E-state index contributed by atoms with van der Waals surface area (Å²) in [5.41, 5.74) is 2.25. The summed E-state index contributed by atoms with van der Waals surface area (Å²) in [5.74, 6) is 0. The molecule has 1 saturated heterocycles. The summed E-state index contributed by atoms with van der Waals surface area (Å²) in [7, 11) is 0. The van der Waals surface area contributed by atoms with E-state index in [2.05, 4.69) is 6.07 Å². The minimum Gasteiger partial charge on any atom is -0.294 e. The Morgan fingerprint density at radius 3 is 2.29 bits per heavy atom. The molecule has 2 amide bonds. The van der Waals surface area contributed by atoms with Gasteiger partial charge in [-0.3, -0.25) is 9.80 Å². The van der Waals surface area contributed by atoms with Crippen LogP contribution in [0.25, 0.3) is 0 Å². The molecule has 0 unspecified atom stereocenters. The van der Waals surface area contributed by atoms with E-state index in [9.17, 15) is 4.79 Å². The van der Waals surface area contributed by atoms with E-state index in [-0.39, 0.29) is 6.03 Å². The summed E-state index contributed by atoms with van der Waals surface area (Å²) in [6.45, 7) is 1.40. The van der Waals surface area contributed by atoms with Crippen LogP contribution in [0, 0.1) is 11.3 Å². The first-order valence-corrected chi connectivity index (χ1v) is 6.94. The molecule has 21 heavy (non-hydrogen) atoms. The zero-order valence-electron chi connectivity index (χ0n) is 11.6. The molecule has 4 heteroatoms. The molecule has 4 nitrogen and oxygen atoms in total. The predicted octanol–water partition coefficient (Wildman–Crippen LogP) is 3.39. The van der Waals surface area contributed by atoms with Crippen molar-refractivity contribution >= 4 is 17.4 Å². The van der Waals surface area contributed by atoms with Gasteiger partial charge >= 0.3 is 6.03 Å². The lowest BCUT2D eigenvalue weighted by Crippen LogP contribution is -2.49. The molecule has 0 saturated carbocycles. The van der Waals surface area contributed by atoms with Gasteiger partial charge in [0.05, 0.1) is 11.6 Å². The van der Waals surface area contributed by atoms with Gasteiger partial charge in [0.2, 0.25) is 0 Å². The zero-order valence-corrected chi connectivity index (χ0v) is 11.6. The van der Waals surface area contributed by atoms with Crippen molar-refractivity contribution in [2.45, 2.75) is 6.42 Å². The van der Waals surface area contributed by atoms with Crippen LogP contribution in [0.4, 0.5) is 16.2 Å². The zero-order chi connectivity index (χ0) is 14.7. The van der Waals surface area contributed by atoms with Crippen molar-refractivity contribution in [3.63, 3.8) is 0 Å². The van der Waals surface area contributed by atoms with Gasteiger partial charge in [-0.1, -0.05) is 24.3 Å². The molecule has 104 valence electrons. The third kappa shape index (κ3) is 2.59. The van der Waals surface area contributed by atoms with E-state index in [1.54, 1.807) is 21.9 Å². The number of para-hydroxylation sites is 1. The van der Waals surface area contributed by atoms with Crippen molar-refractivity contribution < 1.29 is 4.79 Å². The third-order valence-corrected chi connectivity index (χ3v) is 3.58. The number of benzene rings is 2. The molecule has 1 aliphatic heterocycles. The molecule has 0 aromatic heterocycles. The highest BCUT2D eigenvalue weighted by Gasteiger charge is 2.27. The second kappa shape index (κ2) is 5.68. The Morgan fingerprint density at radius 1 is 0.905 bits per heavy atom. The number of nitriles is 1. The second-order valence-electron chi connectivity index (χ2n) is 4.94. The molecule has 1 heterocycles. The molecule has 0 bridgehead atoms. The average molecular weight is 277 g/mol. The molecule has 0 radical (unpaired) electrons. The van der Waals surface area contributed by atoms with Crippen LogP contribution in [0.1, 0.15) is 12.0 Å². The smallest absolute Gasteiger partial charge is 0.294 e. The number of hydrogen-bond donors (Lipinski definition) is 0. The number of nitrogens with zero attached hydrogens (tertiary/aromatic N) is 3. The van der Waals surface area contributed by atoms with Crippen LogP contribution in [0.15, 0.2) is 54.6 Å². The van der Waals surface area contributed by atoms with Crippen LogP contribution in [-0.2, 0) is 0 Å².